The first kappa shape index (κ1) is 15.7. The van der Waals surface area contributed by atoms with Crippen LogP contribution in [0, 0.1) is 5.92 Å². The van der Waals surface area contributed by atoms with Crippen LogP contribution >= 0.6 is 0 Å². The summed E-state index contributed by atoms with van der Waals surface area (Å²) < 4.78 is 0. The van der Waals surface area contributed by atoms with Gasteiger partial charge in [-0.25, -0.2) is 9.97 Å². The molecule has 0 atom stereocenters. The Kier molecular flexibility index (Phi) is 5.92. The summed E-state index contributed by atoms with van der Waals surface area (Å²) >= 11 is 0. The van der Waals surface area contributed by atoms with E-state index < -0.39 is 0 Å². The number of aliphatic hydroxyl groups is 1. The van der Waals surface area contributed by atoms with Crippen LogP contribution < -0.4 is 4.90 Å². The summed E-state index contributed by atoms with van der Waals surface area (Å²) in [5.41, 5.74) is 0. The maximum absolute atomic E-state index is 12.5. The van der Waals surface area contributed by atoms with Gasteiger partial charge in [0.1, 0.15) is 0 Å². The Morgan fingerprint density at radius 2 is 2.00 bits per heavy atom. The molecule has 2 heterocycles. The number of amides is 1. The third-order valence-corrected chi connectivity index (χ3v) is 3.85. The second-order valence-electron chi connectivity index (χ2n) is 5.36. The quantitative estimate of drug-likeness (QED) is 0.844. The van der Waals surface area contributed by atoms with Crippen LogP contribution in [0.5, 0.6) is 0 Å². The van der Waals surface area contributed by atoms with E-state index in [4.69, 9.17) is 5.11 Å². The van der Waals surface area contributed by atoms with Gasteiger partial charge in [0, 0.05) is 44.5 Å². The van der Waals surface area contributed by atoms with E-state index in [2.05, 4.69) is 14.9 Å². The molecule has 1 fully saturated rings. The first-order valence-corrected chi connectivity index (χ1v) is 7.68. The number of carbonyl (C=O) groups excluding carboxylic acids is 1. The minimum absolute atomic E-state index is 0.0302. The lowest BCUT2D eigenvalue weighted by atomic mass is 9.95. The van der Waals surface area contributed by atoms with Gasteiger partial charge in [0.2, 0.25) is 11.9 Å². The number of rotatable bonds is 6. The normalized spacial score (nSPS) is 16.0. The summed E-state index contributed by atoms with van der Waals surface area (Å²) in [5, 5.41) is 9.08. The Labute approximate surface area is 125 Å². The van der Waals surface area contributed by atoms with Crippen molar-refractivity contribution in [3.05, 3.63) is 18.5 Å². The lowest BCUT2D eigenvalue weighted by molar-refractivity contribution is -0.136. The molecule has 0 aliphatic carbocycles. The van der Waals surface area contributed by atoms with Crippen LogP contribution in [0.2, 0.25) is 0 Å². The number of hydrogen-bond donors (Lipinski definition) is 1. The molecule has 1 aromatic rings. The van der Waals surface area contributed by atoms with E-state index in [0.717, 1.165) is 44.8 Å². The van der Waals surface area contributed by atoms with Gasteiger partial charge in [-0.15, -0.1) is 0 Å². The first-order chi connectivity index (χ1) is 10.3. The molecule has 21 heavy (non-hydrogen) atoms. The van der Waals surface area contributed by atoms with Crippen LogP contribution in [0.3, 0.4) is 0 Å². The molecule has 1 aliphatic rings. The predicted octanol–water partition coefficient (Wildman–Crippen LogP) is 0.924. The van der Waals surface area contributed by atoms with Crippen LogP contribution in [0.4, 0.5) is 5.95 Å². The summed E-state index contributed by atoms with van der Waals surface area (Å²) in [6.45, 7) is 4.85. The third kappa shape index (κ3) is 4.14. The zero-order valence-corrected chi connectivity index (χ0v) is 12.6. The van der Waals surface area contributed by atoms with Gasteiger partial charge in [-0.05, 0) is 25.3 Å². The van der Waals surface area contributed by atoms with E-state index >= 15 is 0 Å². The summed E-state index contributed by atoms with van der Waals surface area (Å²) in [6.07, 6.45) is 6.04. The van der Waals surface area contributed by atoms with Crippen LogP contribution in [-0.2, 0) is 4.79 Å². The lowest BCUT2D eigenvalue weighted by Gasteiger charge is -2.34. The van der Waals surface area contributed by atoms with Crippen molar-refractivity contribution in [2.24, 2.45) is 5.92 Å². The molecule has 1 N–H and O–H groups in total. The average Bonchev–Trinajstić information content (AvgIpc) is 2.55. The topological polar surface area (TPSA) is 69.6 Å². The summed E-state index contributed by atoms with van der Waals surface area (Å²) in [4.78, 5) is 24.9. The van der Waals surface area contributed by atoms with Gasteiger partial charge in [0.25, 0.3) is 0 Å². The average molecular weight is 292 g/mol. The summed E-state index contributed by atoms with van der Waals surface area (Å²) in [5.74, 6) is 0.978. The Hall–Kier alpha value is -1.69. The highest BCUT2D eigenvalue weighted by molar-refractivity contribution is 5.79. The number of piperidine rings is 1. The fourth-order valence-electron chi connectivity index (χ4n) is 2.76. The zero-order valence-electron chi connectivity index (χ0n) is 12.6. The molecule has 0 aromatic carbocycles. The summed E-state index contributed by atoms with van der Waals surface area (Å²) in [6, 6.07) is 1.80. The highest BCUT2D eigenvalue weighted by Crippen LogP contribution is 2.22. The molecule has 2 rings (SSSR count). The number of anilines is 1. The zero-order chi connectivity index (χ0) is 15.1. The summed E-state index contributed by atoms with van der Waals surface area (Å²) in [7, 11) is 0. The van der Waals surface area contributed by atoms with Gasteiger partial charge in [-0.1, -0.05) is 6.92 Å². The van der Waals surface area contributed by atoms with Crippen molar-refractivity contribution in [2.75, 3.05) is 37.7 Å². The van der Waals surface area contributed by atoms with Crippen molar-refractivity contribution in [3.8, 4) is 0 Å². The van der Waals surface area contributed by atoms with Crippen molar-refractivity contribution in [2.45, 2.75) is 26.2 Å². The van der Waals surface area contributed by atoms with Crippen molar-refractivity contribution in [1.29, 1.82) is 0 Å². The molecule has 1 aliphatic heterocycles. The molecule has 6 nitrogen and oxygen atoms in total. The minimum atomic E-state index is 0.0302. The molecule has 0 spiro atoms. The van der Waals surface area contributed by atoms with E-state index in [0.29, 0.717) is 6.54 Å². The lowest BCUT2D eigenvalue weighted by Crippen LogP contribution is -2.44. The maximum atomic E-state index is 12.5. The molecule has 6 heteroatoms. The van der Waals surface area contributed by atoms with Gasteiger partial charge >= 0.3 is 0 Å². The number of aliphatic hydroxyl groups excluding tert-OH is 1. The third-order valence-electron chi connectivity index (χ3n) is 3.85. The molecule has 1 saturated heterocycles. The highest BCUT2D eigenvalue weighted by atomic mass is 16.3. The van der Waals surface area contributed by atoms with Gasteiger partial charge in [0.05, 0.1) is 6.61 Å². The molecule has 0 radical (unpaired) electrons. The van der Waals surface area contributed by atoms with E-state index in [-0.39, 0.29) is 18.4 Å². The number of carbonyl (C=O) groups is 1. The maximum Gasteiger partial charge on any atom is 0.225 e. The van der Waals surface area contributed by atoms with Crippen molar-refractivity contribution < 1.29 is 9.90 Å². The Balaban J connectivity index is 1.89. The second kappa shape index (κ2) is 7.93. The second-order valence-corrected chi connectivity index (χ2v) is 5.36. The Morgan fingerprint density at radius 1 is 1.33 bits per heavy atom. The standard InChI is InChI=1S/C15H24N4O2/c1-2-8-18(11-12-20)14(21)13-4-9-19(10-5-13)15-16-6-3-7-17-15/h3,6-7,13,20H,2,4-5,8-12H2,1H3. The van der Waals surface area contributed by atoms with Gasteiger partial charge < -0.3 is 14.9 Å². The molecular weight excluding hydrogens is 268 g/mol. The molecular formula is C15H24N4O2. The molecule has 1 amide bonds. The fourth-order valence-corrected chi connectivity index (χ4v) is 2.76. The van der Waals surface area contributed by atoms with E-state index in [9.17, 15) is 4.79 Å². The van der Waals surface area contributed by atoms with E-state index in [1.807, 2.05) is 6.92 Å². The SMILES string of the molecule is CCCN(CCO)C(=O)C1CCN(c2ncccn2)CC1. The molecule has 1 aromatic heterocycles. The van der Waals surface area contributed by atoms with E-state index in [1.54, 1.807) is 23.4 Å². The number of aromatic nitrogens is 2. The molecule has 0 unspecified atom stereocenters. The van der Waals surface area contributed by atoms with E-state index in [1.165, 1.54) is 0 Å². The smallest absolute Gasteiger partial charge is 0.225 e. The van der Waals surface area contributed by atoms with Gasteiger partial charge in [-0.2, -0.15) is 0 Å². The number of hydrogen-bond acceptors (Lipinski definition) is 5. The number of nitrogens with zero attached hydrogens (tertiary/aromatic N) is 4. The molecule has 0 bridgehead atoms. The van der Waals surface area contributed by atoms with Crippen LogP contribution in [0.25, 0.3) is 0 Å². The Bertz CT molecular complexity index is 427. The first-order valence-electron chi connectivity index (χ1n) is 7.68. The van der Waals surface area contributed by atoms with Crippen LogP contribution in [0.1, 0.15) is 26.2 Å². The largest absolute Gasteiger partial charge is 0.395 e. The molecule has 116 valence electrons. The minimum Gasteiger partial charge on any atom is -0.395 e. The van der Waals surface area contributed by atoms with Gasteiger partial charge in [0.15, 0.2) is 0 Å². The van der Waals surface area contributed by atoms with Crippen LogP contribution in [0.15, 0.2) is 18.5 Å². The monoisotopic (exact) mass is 292 g/mol. The van der Waals surface area contributed by atoms with Gasteiger partial charge in [-0.3, -0.25) is 4.79 Å². The van der Waals surface area contributed by atoms with Crippen molar-refractivity contribution in [1.82, 2.24) is 14.9 Å². The fraction of sp³-hybridized carbons (Fsp3) is 0.667. The van der Waals surface area contributed by atoms with Crippen molar-refractivity contribution in [3.63, 3.8) is 0 Å². The Morgan fingerprint density at radius 3 is 2.57 bits per heavy atom. The highest BCUT2D eigenvalue weighted by Gasteiger charge is 2.28. The molecule has 0 saturated carbocycles. The van der Waals surface area contributed by atoms with Crippen LogP contribution in [-0.4, -0.2) is 58.7 Å². The predicted molar refractivity (Wildman–Crippen MR) is 80.9 cm³/mol. The van der Waals surface area contributed by atoms with Crippen molar-refractivity contribution >= 4 is 11.9 Å².